The zero-order valence-corrected chi connectivity index (χ0v) is 12.0. The average Bonchev–Trinajstić information content (AvgIpc) is 3.01. The Morgan fingerprint density at radius 1 is 1.11 bits per heavy atom. The van der Waals surface area contributed by atoms with Crippen LogP contribution in [0.5, 0.6) is 0 Å². The van der Waals surface area contributed by atoms with E-state index in [1.165, 1.54) is 40.8 Å². The number of benzene rings is 1. The summed E-state index contributed by atoms with van der Waals surface area (Å²) in [5.74, 6) is 1.03. The Labute approximate surface area is 116 Å². The monoisotopic (exact) mass is 268 g/mol. The van der Waals surface area contributed by atoms with E-state index in [1.54, 1.807) is 4.88 Å². The van der Waals surface area contributed by atoms with Crippen LogP contribution >= 0.6 is 11.3 Å². The Morgan fingerprint density at radius 2 is 1.95 bits per heavy atom. The van der Waals surface area contributed by atoms with Crippen LogP contribution in [0.25, 0.3) is 21.7 Å². The second kappa shape index (κ2) is 3.94. The molecular formula is C16H16N2S. The minimum absolute atomic E-state index is 1.03. The molecule has 0 unspecified atom stereocenters. The molecule has 0 saturated carbocycles. The van der Waals surface area contributed by atoms with Crippen molar-refractivity contribution < 1.29 is 0 Å². The van der Waals surface area contributed by atoms with E-state index in [2.05, 4.69) is 37.0 Å². The van der Waals surface area contributed by atoms with Gasteiger partial charge in [-0.1, -0.05) is 0 Å². The Kier molecular flexibility index (Phi) is 2.33. The van der Waals surface area contributed by atoms with Gasteiger partial charge in [-0.05, 0) is 68.0 Å². The van der Waals surface area contributed by atoms with Gasteiger partial charge in [0.15, 0.2) is 0 Å². The van der Waals surface area contributed by atoms with E-state index in [0.29, 0.717) is 0 Å². The molecule has 19 heavy (non-hydrogen) atoms. The van der Waals surface area contributed by atoms with Crippen molar-refractivity contribution in [2.75, 3.05) is 0 Å². The number of aryl methyl sites for hydroxylation is 4. The molecule has 0 amide bonds. The molecule has 2 aromatic heterocycles. The highest BCUT2D eigenvalue weighted by Gasteiger charge is 2.17. The summed E-state index contributed by atoms with van der Waals surface area (Å²) in [4.78, 5) is 11.1. The fourth-order valence-electron chi connectivity index (χ4n) is 2.83. The fraction of sp³-hybridized carbons (Fsp3) is 0.312. The predicted molar refractivity (Wildman–Crippen MR) is 80.9 cm³/mol. The van der Waals surface area contributed by atoms with Crippen LogP contribution in [0.4, 0.5) is 0 Å². The molecule has 1 N–H and O–H groups in total. The highest BCUT2D eigenvalue weighted by Crippen LogP contribution is 2.36. The summed E-state index contributed by atoms with van der Waals surface area (Å²) >= 11 is 1.90. The first-order chi connectivity index (χ1) is 9.20. The van der Waals surface area contributed by atoms with Gasteiger partial charge in [0, 0.05) is 4.88 Å². The van der Waals surface area contributed by atoms with Crippen LogP contribution in [0.2, 0.25) is 0 Å². The van der Waals surface area contributed by atoms with Crippen molar-refractivity contribution in [2.24, 2.45) is 0 Å². The van der Waals surface area contributed by atoms with Crippen molar-refractivity contribution in [3.63, 3.8) is 0 Å². The van der Waals surface area contributed by atoms with E-state index >= 15 is 0 Å². The molecule has 0 atom stereocenters. The third-order valence-corrected chi connectivity index (χ3v) is 5.32. The van der Waals surface area contributed by atoms with E-state index < -0.39 is 0 Å². The van der Waals surface area contributed by atoms with Gasteiger partial charge in [0.05, 0.1) is 15.9 Å². The van der Waals surface area contributed by atoms with Gasteiger partial charge in [-0.15, -0.1) is 11.3 Å². The zero-order valence-electron chi connectivity index (χ0n) is 11.2. The SMILES string of the molecule is Cc1cc2nc(-c3cc4c(s3)CCC4)[nH]c2cc1C. The van der Waals surface area contributed by atoms with Crippen LogP contribution in [0.15, 0.2) is 18.2 Å². The predicted octanol–water partition coefficient (Wildman–Crippen LogP) is 4.40. The molecule has 0 spiro atoms. The maximum absolute atomic E-state index is 4.75. The minimum atomic E-state index is 1.03. The van der Waals surface area contributed by atoms with Crippen molar-refractivity contribution in [2.45, 2.75) is 33.1 Å². The summed E-state index contributed by atoms with van der Waals surface area (Å²) in [5.41, 5.74) is 6.38. The van der Waals surface area contributed by atoms with Crippen molar-refractivity contribution >= 4 is 22.4 Å². The summed E-state index contributed by atoms with van der Waals surface area (Å²) in [5, 5.41) is 0. The molecule has 3 aromatic rings. The van der Waals surface area contributed by atoms with E-state index in [1.807, 2.05) is 11.3 Å². The second-order valence-corrected chi connectivity index (χ2v) is 6.59. The Balaban J connectivity index is 1.86. The molecule has 1 aliphatic carbocycles. The third-order valence-electron chi connectivity index (χ3n) is 4.08. The molecule has 0 aliphatic heterocycles. The number of imidazole rings is 1. The maximum Gasteiger partial charge on any atom is 0.148 e. The van der Waals surface area contributed by atoms with Gasteiger partial charge in [-0.25, -0.2) is 4.98 Å². The molecule has 2 heterocycles. The Morgan fingerprint density at radius 3 is 2.79 bits per heavy atom. The molecule has 0 radical (unpaired) electrons. The topological polar surface area (TPSA) is 28.7 Å². The molecular weight excluding hydrogens is 252 g/mol. The lowest BCUT2D eigenvalue weighted by Gasteiger charge is -1.97. The summed E-state index contributed by atoms with van der Waals surface area (Å²) < 4.78 is 0. The smallest absolute Gasteiger partial charge is 0.148 e. The zero-order chi connectivity index (χ0) is 13.0. The van der Waals surface area contributed by atoms with Crippen LogP contribution in [0.3, 0.4) is 0 Å². The van der Waals surface area contributed by atoms with Crippen molar-refractivity contribution in [1.82, 2.24) is 9.97 Å². The lowest BCUT2D eigenvalue weighted by Crippen LogP contribution is -1.79. The van der Waals surface area contributed by atoms with E-state index in [4.69, 9.17) is 4.98 Å². The minimum Gasteiger partial charge on any atom is -0.337 e. The average molecular weight is 268 g/mol. The molecule has 0 bridgehead atoms. The van der Waals surface area contributed by atoms with Crippen molar-refractivity contribution in [3.05, 3.63) is 39.8 Å². The summed E-state index contributed by atoms with van der Waals surface area (Å²) in [6.07, 6.45) is 3.81. The van der Waals surface area contributed by atoms with E-state index in [9.17, 15) is 0 Å². The van der Waals surface area contributed by atoms with Gasteiger partial charge in [0.25, 0.3) is 0 Å². The molecule has 0 saturated heterocycles. The summed E-state index contributed by atoms with van der Waals surface area (Å²) in [6, 6.07) is 6.69. The third kappa shape index (κ3) is 1.72. The molecule has 96 valence electrons. The normalized spacial score (nSPS) is 14.2. The number of aromatic nitrogens is 2. The largest absolute Gasteiger partial charge is 0.337 e. The summed E-state index contributed by atoms with van der Waals surface area (Å²) in [7, 11) is 0. The quantitative estimate of drug-likeness (QED) is 0.696. The van der Waals surface area contributed by atoms with Gasteiger partial charge >= 0.3 is 0 Å². The lowest BCUT2D eigenvalue weighted by molar-refractivity contribution is 0.915. The molecule has 3 heteroatoms. The highest BCUT2D eigenvalue weighted by molar-refractivity contribution is 7.15. The van der Waals surface area contributed by atoms with Crippen LogP contribution in [0.1, 0.15) is 28.0 Å². The fourth-order valence-corrected chi connectivity index (χ4v) is 4.03. The number of thiophene rings is 1. The Hall–Kier alpha value is -1.61. The first-order valence-electron chi connectivity index (χ1n) is 6.79. The van der Waals surface area contributed by atoms with Crippen LogP contribution in [-0.2, 0) is 12.8 Å². The molecule has 1 aliphatic rings. The molecule has 2 nitrogen and oxygen atoms in total. The lowest BCUT2D eigenvalue weighted by atomic mass is 10.1. The number of H-pyrrole nitrogens is 1. The number of aromatic amines is 1. The first kappa shape index (κ1) is 11.2. The highest BCUT2D eigenvalue weighted by atomic mass is 32.1. The Bertz CT molecular complexity index is 719. The summed E-state index contributed by atoms with van der Waals surface area (Å²) in [6.45, 7) is 4.29. The van der Waals surface area contributed by atoms with Gasteiger partial charge in [-0.2, -0.15) is 0 Å². The van der Waals surface area contributed by atoms with Gasteiger partial charge in [0.1, 0.15) is 5.82 Å². The number of rotatable bonds is 1. The van der Waals surface area contributed by atoms with Crippen LogP contribution < -0.4 is 0 Å². The molecule has 1 aromatic carbocycles. The van der Waals surface area contributed by atoms with Crippen LogP contribution in [0, 0.1) is 13.8 Å². The van der Waals surface area contributed by atoms with Crippen molar-refractivity contribution in [1.29, 1.82) is 0 Å². The maximum atomic E-state index is 4.75. The van der Waals surface area contributed by atoms with Crippen molar-refractivity contribution in [3.8, 4) is 10.7 Å². The number of hydrogen-bond acceptors (Lipinski definition) is 2. The van der Waals surface area contributed by atoms with Gasteiger partial charge < -0.3 is 4.98 Å². The molecule has 4 rings (SSSR count). The van der Waals surface area contributed by atoms with E-state index in [-0.39, 0.29) is 0 Å². The number of nitrogens with zero attached hydrogens (tertiary/aromatic N) is 1. The number of fused-ring (bicyclic) bond motifs is 2. The second-order valence-electron chi connectivity index (χ2n) is 5.45. The van der Waals surface area contributed by atoms with E-state index in [0.717, 1.165) is 16.9 Å². The molecule has 0 fully saturated rings. The number of hydrogen-bond donors (Lipinski definition) is 1. The number of nitrogens with one attached hydrogen (secondary N) is 1. The first-order valence-corrected chi connectivity index (χ1v) is 7.61. The van der Waals surface area contributed by atoms with Crippen LogP contribution in [-0.4, -0.2) is 9.97 Å². The van der Waals surface area contributed by atoms with Gasteiger partial charge in [-0.3, -0.25) is 0 Å². The van der Waals surface area contributed by atoms with Gasteiger partial charge in [0.2, 0.25) is 0 Å². The standard InChI is InChI=1S/C16H16N2S/c1-9-6-12-13(7-10(9)2)18-16(17-12)15-8-11-4-3-5-14(11)19-15/h6-8H,3-5H2,1-2H3,(H,17,18).